The second kappa shape index (κ2) is 16.1. The number of thiazole rings is 1. The first-order valence-corrected chi connectivity index (χ1v) is 23.0. The van der Waals surface area contributed by atoms with E-state index in [4.69, 9.17) is 24.3 Å². The van der Waals surface area contributed by atoms with Crippen molar-refractivity contribution >= 4 is 44.4 Å². The lowest BCUT2D eigenvalue weighted by Gasteiger charge is -2.69. The number of hydrogen-bond acceptors (Lipinski definition) is 11. The number of nitrogens with one attached hydrogen (secondary N) is 2. The van der Waals surface area contributed by atoms with Gasteiger partial charge in [-0.3, -0.25) is 14.8 Å². The molecule has 4 heterocycles. The van der Waals surface area contributed by atoms with Gasteiger partial charge in [0.2, 0.25) is 0 Å². The molecule has 328 valence electrons. The molecule has 10 rings (SSSR count). The summed E-state index contributed by atoms with van der Waals surface area (Å²) in [5, 5.41) is 12.1. The summed E-state index contributed by atoms with van der Waals surface area (Å²) in [5.74, 6) is -0.0213. The molecule has 5 aromatic rings. The van der Waals surface area contributed by atoms with Crippen molar-refractivity contribution in [3.05, 3.63) is 88.9 Å². The Bertz CT molecular complexity index is 2450. The van der Waals surface area contributed by atoms with Gasteiger partial charge in [-0.1, -0.05) is 49.4 Å². The maximum Gasteiger partial charge on any atom is 0.358 e. The molecule has 1 amide bonds. The lowest BCUT2D eigenvalue weighted by molar-refractivity contribution is -0.247. The molecule has 2 atom stereocenters. The molecule has 0 saturated heterocycles. The molecular formula is C49H61N7O5S. The number of anilines is 2. The van der Waals surface area contributed by atoms with E-state index < -0.39 is 11.6 Å². The Kier molecular flexibility index (Phi) is 11.1. The highest BCUT2D eigenvalue weighted by molar-refractivity contribution is 7.22. The van der Waals surface area contributed by atoms with Gasteiger partial charge in [0, 0.05) is 62.2 Å². The molecule has 4 saturated carbocycles. The van der Waals surface area contributed by atoms with E-state index in [2.05, 4.69) is 52.0 Å². The number of methoxy groups -OCH3 is 1. The summed E-state index contributed by atoms with van der Waals surface area (Å²) in [7, 11) is 1.73. The first kappa shape index (κ1) is 42.6. The SMILES string of the molecule is COCCNCCO[C@]12CC3(C)CC(C)(C[C@@](Cn4ncc(-c5ccc(N6CCc7cccc(C(=O)Nc8nc9ccccc9s8)c7C6)nc5C(=O)OC(C)(C)C)c4C)(C3)C1)C2. The van der Waals surface area contributed by atoms with Crippen LogP contribution in [0.15, 0.2) is 60.8 Å². The van der Waals surface area contributed by atoms with Crippen LogP contribution >= 0.6 is 11.3 Å². The largest absolute Gasteiger partial charge is 0.455 e. The van der Waals surface area contributed by atoms with Crippen LogP contribution in [0.2, 0.25) is 0 Å². The molecule has 4 bridgehead atoms. The Hall–Kier alpha value is -4.69. The van der Waals surface area contributed by atoms with Gasteiger partial charge >= 0.3 is 5.97 Å². The number of carbonyl (C=O) groups excluding carboxylic acids is 2. The van der Waals surface area contributed by atoms with Crippen molar-refractivity contribution in [2.45, 2.75) is 111 Å². The van der Waals surface area contributed by atoms with Gasteiger partial charge in [0.15, 0.2) is 10.8 Å². The fourth-order valence-corrected chi connectivity index (χ4v) is 13.2. The standard InChI is InChI=1S/C49H61N7O5S/c1-32-36(23-51-56(32)31-48-26-46(5)25-47(6,27-48)29-49(28-46,30-48)60-22-19-50-18-21-59-7)34-15-16-40(53-41(34)43(58)61-45(2,3)4)55-20-17-33-11-10-12-35(37(33)24-55)42(57)54-44-52-38-13-8-9-14-39(38)62-44/h8-16,23,50H,17-22,24-31H2,1-7H3,(H,52,54,57)/t46?,47?,48-,49-. The maximum atomic E-state index is 14.1. The third-order valence-electron chi connectivity index (χ3n) is 13.5. The number of hydrogen-bond donors (Lipinski definition) is 2. The molecule has 4 aliphatic carbocycles. The minimum atomic E-state index is -0.719. The lowest BCUT2D eigenvalue weighted by atomic mass is 9.39. The van der Waals surface area contributed by atoms with Crippen LogP contribution in [0.5, 0.6) is 0 Å². The van der Waals surface area contributed by atoms with E-state index >= 15 is 0 Å². The number of benzene rings is 2. The molecule has 5 aliphatic rings. The Balaban J connectivity index is 0.978. The van der Waals surface area contributed by atoms with Crippen molar-refractivity contribution in [3.8, 4) is 11.1 Å². The summed E-state index contributed by atoms with van der Waals surface area (Å²) in [4.78, 5) is 39.8. The number of pyridine rings is 1. The molecule has 2 N–H and O–H groups in total. The molecular weight excluding hydrogens is 799 g/mol. The monoisotopic (exact) mass is 859 g/mol. The second-order valence-corrected chi connectivity index (χ2v) is 21.4. The predicted molar refractivity (Wildman–Crippen MR) is 244 cm³/mol. The van der Waals surface area contributed by atoms with Crippen molar-refractivity contribution in [1.29, 1.82) is 0 Å². The Morgan fingerprint density at radius 2 is 1.66 bits per heavy atom. The van der Waals surface area contributed by atoms with Crippen LogP contribution in [0, 0.1) is 23.2 Å². The van der Waals surface area contributed by atoms with Crippen LogP contribution in [0.3, 0.4) is 0 Å². The quantitative estimate of drug-likeness (QED) is 0.0824. The Morgan fingerprint density at radius 3 is 2.42 bits per heavy atom. The van der Waals surface area contributed by atoms with Gasteiger partial charge < -0.3 is 24.4 Å². The van der Waals surface area contributed by atoms with Crippen LogP contribution in [-0.2, 0) is 33.7 Å². The van der Waals surface area contributed by atoms with Crippen LogP contribution in [0.25, 0.3) is 21.3 Å². The number of aromatic nitrogens is 4. The lowest BCUT2D eigenvalue weighted by Crippen LogP contribution is -2.64. The molecule has 62 heavy (non-hydrogen) atoms. The van der Waals surface area contributed by atoms with E-state index in [1.807, 2.05) is 75.5 Å². The highest BCUT2D eigenvalue weighted by Gasteiger charge is 2.66. The van der Waals surface area contributed by atoms with E-state index in [9.17, 15) is 9.59 Å². The second-order valence-electron chi connectivity index (χ2n) is 20.4. The fraction of sp³-hybridized carbons (Fsp3) is 0.531. The normalized spacial score (nSPS) is 25.3. The molecule has 1 aliphatic heterocycles. The number of amides is 1. The van der Waals surface area contributed by atoms with Gasteiger partial charge in [-0.25, -0.2) is 14.8 Å². The average molecular weight is 860 g/mol. The zero-order chi connectivity index (χ0) is 43.5. The molecule has 13 heteroatoms. The summed E-state index contributed by atoms with van der Waals surface area (Å²) in [6.07, 6.45) is 9.43. The fourth-order valence-electron chi connectivity index (χ4n) is 12.4. The van der Waals surface area contributed by atoms with Crippen LogP contribution in [0.4, 0.5) is 10.9 Å². The first-order valence-electron chi connectivity index (χ1n) is 22.2. The topological polar surface area (TPSA) is 133 Å². The minimum Gasteiger partial charge on any atom is -0.455 e. The van der Waals surface area contributed by atoms with E-state index in [1.54, 1.807) is 7.11 Å². The van der Waals surface area contributed by atoms with Gasteiger partial charge in [0.05, 0.1) is 35.2 Å². The third-order valence-corrected chi connectivity index (χ3v) is 14.5. The van der Waals surface area contributed by atoms with Crippen LogP contribution in [-0.4, -0.2) is 82.8 Å². The highest BCUT2D eigenvalue weighted by Crippen LogP contribution is 2.72. The molecule has 0 spiro atoms. The van der Waals surface area contributed by atoms with E-state index in [0.717, 1.165) is 90.8 Å². The van der Waals surface area contributed by atoms with Crippen molar-refractivity contribution in [3.63, 3.8) is 0 Å². The summed E-state index contributed by atoms with van der Waals surface area (Å²) in [6, 6.07) is 17.7. The number of para-hydroxylation sites is 1. The van der Waals surface area contributed by atoms with E-state index in [0.29, 0.717) is 48.4 Å². The average Bonchev–Trinajstić information content (AvgIpc) is 3.77. The predicted octanol–water partition coefficient (Wildman–Crippen LogP) is 9.01. The van der Waals surface area contributed by atoms with E-state index in [1.165, 1.54) is 17.8 Å². The van der Waals surface area contributed by atoms with E-state index in [-0.39, 0.29) is 33.4 Å². The molecule has 3 aromatic heterocycles. The molecule has 12 nitrogen and oxygen atoms in total. The van der Waals surface area contributed by atoms with Crippen molar-refractivity contribution < 1.29 is 23.8 Å². The van der Waals surface area contributed by atoms with Crippen LogP contribution in [0.1, 0.15) is 111 Å². The number of esters is 1. The zero-order valence-corrected chi connectivity index (χ0v) is 38.2. The molecule has 4 fully saturated rings. The molecule has 2 unspecified atom stereocenters. The smallest absolute Gasteiger partial charge is 0.358 e. The first-order chi connectivity index (χ1) is 29.6. The summed E-state index contributed by atoms with van der Waals surface area (Å²) < 4.78 is 21.3. The number of carbonyl (C=O) groups is 2. The van der Waals surface area contributed by atoms with Crippen molar-refractivity contribution in [1.82, 2.24) is 25.1 Å². The van der Waals surface area contributed by atoms with Gasteiger partial charge in [-0.2, -0.15) is 5.10 Å². The van der Waals surface area contributed by atoms with Crippen LogP contribution < -0.4 is 15.5 Å². The highest BCUT2D eigenvalue weighted by atomic mass is 32.1. The number of rotatable bonds is 14. The van der Waals surface area contributed by atoms with Gasteiger partial charge in [0.25, 0.3) is 5.91 Å². The molecule has 0 radical (unpaired) electrons. The Labute approximate surface area is 369 Å². The maximum absolute atomic E-state index is 14.1. The number of ether oxygens (including phenoxy) is 3. The van der Waals surface area contributed by atoms with Gasteiger partial charge in [-0.05, 0) is 130 Å². The third kappa shape index (κ3) is 8.53. The molecule has 2 aromatic carbocycles. The summed E-state index contributed by atoms with van der Waals surface area (Å²) in [5.41, 5.74) is 6.00. The van der Waals surface area contributed by atoms with Crippen molar-refractivity contribution in [2.24, 2.45) is 16.2 Å². The Morgan fingerprint density at radius 1 is 0.887 bits per heavy atom. The number of fused-ring (bicyclic) bond motifs is 2. The van der Waals surface area contributed by atoms with Gasteiger partial charge in [-0.15, -0.1) is 0 Å². The summed E-state index contributed by atoms with van der Waals surface area (Å²) in [6.45, 7) is 17.7. The van der Waals surface area contributed by atoms with Crippen molar-refractivity contribution in [2.75, 3.05) is 50.2 Å². The minimum absolute atomic E-state index is 0.0561. The summed E-state index contributed by atoms with van der Waals surface area (Å²) >= 11 is 1.46. The number of nitrogens with zero attached hydrogens (tertiary/aromatic N) is 5. The van der Waals surface area contributed by atoms with Gasteiger partial charge in [0.1, 0.15) is 11.4 Å². The zero-order valence-electron chi connectivity index (χ0n) is 37.4.